The SMILES string of the molecule is CN=C(NCCCN1CCCC(C(N)=O)C1)NCc1ccccc1. The highest BCUT2D eigenvalue weighted by Gasteiger charge is 2.23. The van der Waals surface area contributed by atoms with E-state index in [1.807, 2.05) is 18.2 Å². The maximum Gasteiger partial charge on any atom is 0.221 e. The maximum atomic E-state index is 11.3. The summed E-state index contributed by atoms with van der Waals surface area (Å²) in [7, 11) is 1.78. The molecular formula is C18H29N5O. The van der Waals surface area contributed by atoms with Crippen molar-refractivity contribution >= 4 is 11.9 Å². The molecule has 1 unspecified atom stereocenters. The summed E-state index contributed by atoms with van der Waals surface area (Å²) in [5.74, 6) is 0.669. The van der Waals surface area contributed by atoms with Crippen LogP contribution >= 0.6 is 0 Å². The Kier molecular flexibility index (Phi) is 7.55. The van der Waals surface area contributed by atoms with Gasteiger partial charge in [-0.15, -0.1) is 0 Å². The molecule has 0 aliphatic carbocycles. The summed E-state index contributed by atoms with van der Waals surface area (Å²) < 4.78 is 0. The van der Waals surface area contributed by atoms with Crippen molar-refractivity contribution in [3.05, 3.63) is 35.9 Å². The minimum atomic E-state index is -0.164. The Hall–Kier alpha value is -2.08. The molecule has 6 heteroatoms. The summed E-state index contributed by atoms with van der Waals surface area (Å²) in [4.78, 5) is 17.9. The third kappa shape index (κ3) is 6.20. The average Bonchev–Trinajstić information content (AvgIpc) is 2.62. The molecule has 1 aromatic carbocycles. The van der Waals surface area contributed by atoms with Gasteiger partial charge in [-0.1, -0.05) is 30.3 Å². The summed E-state index contributed by atoms with van der Waals surface area (Å²) >= 11 is 0. The molecule has 132 valence electrons. The van der Waals surface area contributed by atoms with Crippen molar-refractivity contribution in [3.8, 4) is 0 Å². The predicted octanol–water partition coefficient (Wildman–Crippen LogP) is 0.939. The molecule has 0 bridgehead atoms. The van der Waals surface area contributed by atoms with Crippen LogP contribution in [0.4, 0.5) is 0 Å². The van der Waals surface area contributed by atoms with Gasteiger partial charge in [0.25, 0.3) is 0 Å². The molecule has 1 aliphatic heterocycles. The maximum absolute atomic E-state index is 11.3. The van der Waals surface area contributed by atoms with Crippen molar-refractivity contribution in [2.24, 2.45) is 16.6 Å². The van der Waals surface area contributed by atoms with E-state index >= 15 is 0 Å². The second-order valence-corrected chi connectivity index (χ2v) is 6.23. The second-order valence-electron chi connectivity index (χ2n) is 6.23. The van der Waals surface area contributed by atoms with E-state index in [1.165, 1.54) is 5.56 Å². The van der Waals surface area contributed by atoms with Crippen molar-refractivity contribution in [1.29, 1.82) is 0 Å². The number of primary amides is 1. The van der Waals surface area contributed by atoms with Crippen LogP contribution in [0.1, 0.15) is 24.8 Å². The molecule has 24 heavy (non-hydrogen) atoms. The van der Waals surface area contributed by atoms with Crippen LogP contribution in [-0.4, -0.2) is 50.0 Å². The monoisotopic (exact) mass is 331 g/mol. The number of aliphatic imine (C=N–C) groups is 1. The molecular weight excluding hydrogens is 302 g/mol. The van der Waals surface area contributed by atoms with Gasteiger partial charge in [0.05, 0.1) is 5.92 Å². The fourth-order valence-electron chi connectivity index (χ4n) is 3.00. The van der Waals surface area contributed by atoms with E-state index in [1.54, 1.807) is 7.05 Å². The molecule has 4 N–H and O–H groups in total. The lowest BCUT2D eigenvalue weighted by molar-refractivity contribution is -0.123. The minimum absolute atomic E-state index is 0.0204. The third-order valence-electron chi connectivity index (χ3n) is 4.38. The molecule has 1 aromatic rings. The number of rotatable bonds is 7. The first-order valence-corrected chi connectivity index (χ1v) is 8.69. The van der Waals surface area contributed by atoms with E-state index in [0.717, 1.165) is 57.9 Å². The van der Waals surface area contributed by atoms with Crippen LogP contribution in [0, 0.1) is 5.92 Å². The van der Waals surface area contributed by atoms with Gasteiger partial charge in [0.15, 0.2) is 5.96 Å². The van der Waals surface area contributed by atoms with Crippen LogP contribution in [0.5, 0.6) is 0 Å². The molecule has 1 heterocycles. The number of nitrogens with two attached hydrogens (primary N) is 1. The molecule has 0 aromatic heterocycles. The number of nitrogens with one attached hydrogen (secondary N) is 2. The fraction of sp³-hybridized carbons (Fsp3) is 0.556. The lowest BCUT2D eigenvalue weighted by Crippen LogP contribution is -2.42. The third-order valence-corrected chi connectivity index (χ3v) is 4.38. The zero-order valence-corrected chi connectivity index (χ0v) is 14.5. The Labute approximate surface area is 144 Å². The number of nitrogens with zero attached hydrogens (tertiary/aromatic N) is 2. The van der Waals surface area contributed by atoms with Crippen LogP contribution in [0.2, 0.25) is 0 Å². The summed E-state index contributed by atoms with van der Waals surface area (Å²) in [6, 6.07) is 10.3. The number of guanidine groups is 1. The van der Waals surface area contributed by atoms with E-state index in [2.05, 4.69) is 32.7 Å². The van der Waals surface area contributed by atoms with Crippen LogP contribution in [0.15, 0.2) is 35.3 Å². The topological polar surface area (TPSA) is 82.8 Å². The van der Waals surface area contributed by atoms with Crippen LogP contribution in [0.3, 0.4) is 0 Å². The number of likely N-dealkylation sites (tertiary alicyclic amines) is 1. The predicted molar refractivity (Wildman–Crippen MR) is 97.6 cm³/mol. The van der Waals surface area contributed by atoms with Gasteiger partial charge in [-0.3, -0.25) is 9.79 Å². The molecule has 1 atom stereocenters. The first-order chi connectivity index (χ1) is 11.7. The van der Waals surface area contributed by atoms with Crippen molar-refractivity contribution in [2.75, 3.05) is 33.2 Å². The van der Waals surface area contributed by atoms with Crippen LogP contribution < -0.4 is 16.4 Å². The van der Waals surface area contributed by atoms with Gasteiger partial charge in [-0.2, -0.15) is 0 Å². The highest BCUT2D eigenvalue weighted by atomic mass is 16.1. The van der Waals surface area contributed by atoms with Gasteiger partial charge in [0.1, 0.15) is 0 Å². The van der Waals surface area contributed by atoms with E-state index in [4.69, 9.17) is 5.73 Å². The van der Waals surface area contributed by atoms with Gasteiger partial charge in [-0.05, 0) is 37.9 Å². The van der Waals surface area contributed by atoms with Crippen LogP contribution in [0.25, 0.3) is 0 Å². The van der Waals surface area contributed by atoms with E-state index in [0.29, 0.717) is 0 Å². The largest absolute Gasteiger partial charge is 0.369 e. The molecule has 6 nitrogen and oxygen atoms in total. The first-order valence-electron chi connectivity index (χ1n) is 8.69. The second kappa shape index (κ2) is 9.93. The fourth-order valence-corrected chi connectivity index (χ4v) is 3.00. The Morgan fingerprint density at radius 1 is 1.33 bits per heavy atom. The lowest BCUT2D eigenvalue weighted by atomic mass is 9.97. The molecule has 1 saturated heterocycles. The quantitative estimate of drug-likeness (QED) is 0.394. The van der Waals surface area contributed by atoms with Gasteiger partial charge < -0.3 is 21.3 Å². The number of amides is 1. The molecule has 1 amide bonds. The average molecular weight is 331 g/mol. The Morgan fingerprint density at radius 3 is 2.83 bits per heavy atom. The normalized spacial score (nSPS) is 19.0. The highest BCUT2D eigenvalue weighted by molar-refractivity contribution is 5.79. The van der Waals surface area contributed by atoms with E-state index in [-0.39, 0.29) is 11.8 Å². The summed E-state index contributed by atoms with van der Waals surface area (Å²) in [6.45, 7) is 4.45. The number of piperidine rings is 1. The van der Waals surface area contributed by atoms with Crippen molar-refractivity contribution in [3.63, 3.8) is 0 Å². The molecule has 1 fully saturated rings. The Morgan fingerprint density at radius 2 is 2.12 bits per heavy atom. The summed E-state index contributed by atoms with van der Waals surface area (Å²) in [5.41, 5.74) is 6.65. The van der Waals surface area contributed by atoms with Gasteiger partial charge >= 0.3 is 0 Å². The van der Waals surface area contributed by atoms with Crippen molar-refractivity contribution < 1.29 is 4.79 Å². The van der Waals surface area contributed by atoms with Crippen molar-refractivity contribution in [2.45, 2.75) is 25.8 Å². The zero-order chi connectivity index (χ0) is 17.2. The van der Waals surface area contributed by atoms with E-state index in [9.17, 15) is 4.79 Å². The first kappa shape index (κ1) is 18.3. The standard InChI is InChI=1S/C18H29N5O/c1-20-18(22-13-15-7-3-2-4-8-15)21-10-6-12-23-11-5-9-16(14-23)17(19)24/h2-4,7-8,16H,5-6,9-14H2,1H3,(H2,19,24)(H2,20,21,22). The number of hydrogen-bond acceptors (Lipinski definition) is 3. The summed E-state index contributed by atoms with van der Waals surface area (Å²) in [5, 5.41) is 6.64. The number of hydrogen-bond donors (Lipinski definition) is 3. The summed E-state index contributed by atoms with van der Waals surface area (Å²) in [6.07, 6.45) is 3.00. The van der Waals surface area contributed by atoms with E-state index < -0.39 is 0 Å². The van der Waals surface area contributed by atoms with Crippen molar-refractivity contribution in [1.82, 2.24) is 15.5 Å². The molecule has 2 rings (SSSR count). The lowest BCUT2D eigenvalue weighted by Gasteiger charge is -2.31. The Balaban J connectivity index is 1.62. The number of benzene rings is 1. The molecule has 0 radical (unpaired) electrons. The molecule has 1 aliphatic rings. The Bertz CT molecular complexity index is 531. The van der Waals surface area contributed by atoms with Gasteiger partial charge in [0, 0.05) is 26.7 Å². The van der Waals surface area contributed by atoms with Gasteiger partial charge in [0.2, 0.25) is 5.91 Å². The molecule has 0 saturated carbocycles. The minimum Gasteiger partial charge on any atom is -0.369 e. The zero-order valence-electron chi connectivity index (χ0n) is 14.5. The smallest absolute Gasteiger partial charge is 0.221 e. The highest BCUT2D eigenvalue weighted by Crippen LogP contribution is 2.15. The number of carbonyl (C=O) groups is 1. The van der Waals surface area contributed by atoms with Gasteiger partial charge in [-0.25, -0.2) is 0 Å². The molecule has 0 spiro atoms. The van der Waals surface area contributed by atoms with Crippen LogP contribution in [-0.2, 0) is 11.3 Å². The number of carbonyl (C=O) groups excluding carboxylic acids is 1.